The van der Waals surface area contributed by atoms with E-state index in [1.54, 1.807) is 7.11 Å². The molecule has 1 aromatic carbocycles. The highest BCUT2D eigenvalue weighted by molar-refractivity contribution is 5.51. The van der Waals surface area contributed by atoms with E-state index in [0.29, 0.717) is 23.9 Å². The Kier molecular flexibility index (Phi) is 3.97. The molecule has 4 aliphatic rings. The van der Waals surface area contributed by atoms with Crippen LogP contribution in [0.4, 0.5) is 11.8 Å². The van der Waals surface area contributed by atoms with Crippen LogP contribution < -0.4 is 15.4 Å². The van der Waals surface area contributed by atoms with Gasteiger partial charge in [0, 0.05) is 41.9 Å². The van der Waals surface area contributed by atoms with Crippen LogP contribution in [0.15, 0.2) is 30.3 Å². The van der Waals surface area contributed by atoms with Gasteiger partial charge in [-0.3, -0.25) is 4.90 Å². The lowest BCUT2D eigenvalue weighted by molar-refractivity contribution is 0.0352. The van der Waals surface area contributed by atoms with Crippen molar-refractivity contribution in [2.24, 2.45) is 5.92 Å². The maximum atomic E-state index is 5.98. The summed E-state index contributed by atoms with van der Waals surface area (Å²) in [4.78, 5) is 14.1. The molecule has 27 heavy (non-hydrogen) atoms. The summed E-state index contributed by atoms with van der Waals surface area (Å²) >= 11 is 0. The number of aryl methyl sites for hydroxylation is 1. The fraction of sp³-hybridized carbons (Fsp3) is 0.524. The number of ether oxygens (including phenoxy) is 1. The summed E-state index contributed by atoms with van der Waals surface area (Å²) in [5.74, 6) is 3.45. The average Bonchev–Trinajstić information content (AvgIpc) is 3.11. The highest BCUT2D eigenvalue weighted by Gasteiger charge is 2.54. The van der Waals surface area contributed by atoms with Crippen LogP contribution in [-0.2, 0) is 0 Å². The van der Waals surface area contributed by atoms with Crippen molar-refractivity contribution in [1.82, 2.24) is 14.9 Å². The van der Waals surface area contributed by atoms with Gasteiger partial charge in [-0.05, 0) is 44.8 Å². The van der Waals surface area contributed by atoms with Crippen LogP contribution in [0.25, 0.3) is 0 Å². The van der Waals surface area contributed by atoms with Gasteiger partial charge in [0.25, 0.3) is 0 Å². The van der Waals surface area contributed by atoms with Crippen LogP contribution in [-0.4, -0.2) is 53.7 Å². The normalized spacial score (nSPS) is 31.8. The summed E-state index contributed by atoms with van der Waals surface area (Å²) in [5.41, 5.74) is 8.22. The number of anilines is 2. The third kappa shape index (κ3) is 2.65. The molecule has 0 radical (unpaired) electrons. The summed E-state index contributed by atoms with van der Waals surface area (Å²) in [5, 5.41) is 0. The molecule has 4 saturated heterocycles. The third-order valence-corrected chi connectivity index (χ3v) is 6.68. The Labute approximate surface area is 160 Å². The Morgan fingerprint density at radius 3 is 2.63 bits per heavy atom. The molecule has 0 amide bonds. The molecule has 2 bridgehead atoms. The second-order valence-electron chi connectivity index (χ2n) is 8.08. The van der Waals surface area contributed by atoms with E-state index in [2.05, 4.69) is 44.0 Å². The number of benzene rings is 1. The molecule has 0 aliphatic carbocycles. The molecular weight excluding hydrogens is 338 g/mol. The minimum absolute atomic E-state index is 0.364. The molecule has 4 aliphatic heterocycles. The molecule has 1 aromatic heterocycles. The second kappa shape index (κ2) is 6.37. The van der Waals surface area contributed by atoms with E-state index >= 15 is 0 Å². The quantitative estimate of drug-likeness (QED) is 0.901. The first-order valence-corrected chi connectivity index (χ1v) is 9.90. The van der Waals surface area contributed by atoms with Gasteiger partial charge in [-0.25, -0.2) is 4.98 Å². The van der Waals surface area contributed by atoms with Gasteiger partial charge in [0.05, 0.1) is 7.11 Å². The summed E-state index contributed by atoms with van der Waals surface area (Å²) in [6, 6.07) is 11.5. The molecule has 2 N–H and O–H groups in total. The lowest BCUT2D eigenvalue weighted by Crippen LogP contribution is -2.60. The first-order chi connectivity index (χ1) is 13.2. The van der Waals surface area contributed by atoms with Crippen molar-refractivity contribution in [3.8, 4) is 5.75 Å². The molecule has 5 heterocycles. The van der Waals surface area contributed by atoms with Crippen LogP contribution in [0.1, 0.15) is 30.0 Å². The zero-order valence-corrected chi connectivity index (χ0v) is 16.0. The van der Waals surface area contributed by atoms with Crippen molar-refractivity contribution in [3.63, 3.8) is 0 Å². The molecule has 6 heteroatoms. The van der Waals surface area contributed by atoms with Gasteiger partial charge in [-0.1, -0.05) is 18.2 Å². The van der Waals surface area contributed by atoms with Crippen LogP contribution in [0, 0.1) is 12.8 Å². The maximum Gasteiger partial charge on any atom is 0.222 e. The fourth-order valence-corrected chi connectivity index (χ4v) is 5.65. The standard InChI is InChI=1S/C21H27N5O/c1-13-11-18(24-21(22)23-13)26-12-16(15-5-3-4-6-17(15)27-2)20-19(26)14-7-9-25(20)10-8-14/h3-6,11,14,16,19-20H,7-10,12H2,1-2H3,(H2,22,23,24)/t16-,19+,20+/m1/s1. The first-order valence-electron chi connectivity index (χ1n) is 9.90. The number of aromatic nitrogens is 2. The second-order valence-corrected chi connectivity index (χ2v) is 8.08. The summed E-state index contributed by atoms with van der Waals surface area (Å²) in [7, 11) is 1.77. The third-order valence-electron chi connectivity index (χ3n) is 6.68. The van der Waals surface area contributed by atoms with E-state index < -0.39 is 0 Å². The number of rotatable bonds is 3. The summed E-state index contributed by atoms with van der Waals surface area (Å²) in [6.07, 6.45) is 2.55. The van der Waals surface area contributed by atoms with Crippen molar-refractivity contribution in [2.45, 2.75) is 37.8 Å². The van der Waals surface area contributed by atoms with Gasteiger partial charge in [0.2, 0.25) is 5.95 Å². The molecule has 142 valence electrons. The average molecular weight is 365 g/mol. The van der Waals surface area contributed by atoms with E-state index in [0.717, 1.165) is 29.7 Å². The SMILES string of the molecule is COc1ccccc1[C@H]1CN(c2cc(C)nc(N)n2)[C@H]2C3CCN(CC3)[C@@H]12. The van der Waals surface area contributed by atoms with Crippen LogP contribution in [0.5, 0.6) is 5.75 Å². The van der Waals surface area contributed by atoms with Gasteiger partial charge < -0.3 is 15.4 Å². The Hall–Kier alpha value is -2.34. The Morgan fingerprint density at radius 1 is 1.11 bits per heavy atom. The smallest absolute Gasteiger partial charge is 0.222 e. The predicted molar refractivity (Wildman–Crippen MR) is 106 cm³/mol. The zero-order valence-electron chi connectivity index (χ0n) is 16.0. The largest absolute Gasteiger partial charge is 0.496 e. The van der Waals surface area contributed by atoms with Crippen LogP contribution in [0.3, 0.4) is 0 Å². The van der Waals surface area contributed by atoms with Crippen molar-refractivity contribution in [2.75, 3.05) is 37.4 Å². The number of nitrogens with zero attached hydrogens (tertiary/aromatic N) is 4. The zero-order chi connectivity index (χ0) is 18.5. The Morgan fingerprint density at radius 2 is 1.89 bits per heavy atom. The molecule has 3 atom stereocenters. The molecule has 0 saturated carbocycles. The van der Waals surface area contributed by atoms with Gasteiger partial charge in [-0.2, -0.15) is 4.98 Å². The summed E-state index contributed by atoms with van der Waals surface area (Å²) < 4.78 is 5.71. The van der Waals surface area contributed by atoms with Crippen molar-refractivity contribution in [3.05, 3.63) is 41.6 Å². The highest BCUT2D eigenvalue weighted by Crippen LogP contribution is 2.49. The monoisotopic (exact) mass is 365 g/mol. The van der Waals surface area contributed by atoms with Gasteiger partial charge in [-0.15, -0.1) is 0 Å². The molecule has 6 nitrogen and oxygen atoms in total. The van der Waals surface area contributed by atoms with Crippen molar-refractivity contribution < 1.29 is 4.74 Å². The molecule has 6 rings (SSSR count). The number of piperidine rings is 3. The number of nitrogens with two attached hydrogens (primary N) is 1. The topological polar surface area (TPSA) is 67.5 Å². The number of hydrogen-bond donors (Lipinski definition) is 1. The fourth-order valence-electron chi connectivity index (χ4n) is 5.65. The van der Waals surface area contributed by atoms with E-state index in [1.807, 2.05) is 13.0 Å². The number of methoxy groups -OCH3 is 1. The number of fused-ring (bicyclic) bond motifs is 2. The highest BCUT2D eigenvalue weighted by atomic mass is 16.5. The maximum absolute atomic E-state index is 5.98. The minimum atomic E-state index is 0.364. The molecule has 0 spiro atoms. The van der Waals surface area contributed by atoms with E-state index in [1.165, 1.54) is 31.5 Å². The Bertz CT molecular complexity index is 828. The lowest BCUT2D eigenvalue weighted by atomic mass is 9.75. The molecule has 0 unspecified atom stereocenters. The minimum Gasteiger partial charge on any atom is -0.496 e. The van der Waals surface area contributed by atoms with Crippen molar-refractivity contribution >= 4 is 11.8 Å². The molecular formula is C21H27N5O. The molecule has 4 fully saturated rings. The van der Waals surface area contributed by atoms with Gasteiger partial charge in [0.15, 0.2) is 0 Å². The van der Waals surface area contributed by atoms with E-state index in [4.69, 9.17) is 10.5 Å². The van der Waals surface area contributed by atoms with Gasteiger partial charge in [0.1, 0.15) is 11.6 Å². The number of hydrogen-bond acceptors (Lipinski definition) is 6. The predicted octanol–water partition coefficient (Wildman–Crippen LogP) is 2.44. The Balaban J connectivity index is 1.60. The van der Waals surface area contributed by atoms with E-state index in [9.17, 15) is 0 Å². The van der Waals surface area contributed by atoms with Gasteiger partial charge >= 0.3 is 0 Å². The number of para-hydroxylation sites is 1. The van der Waals surface area contributed by atoms with Crippen LogP contribution >= 0.6 is 0 Å². The summed E-state index contributed by atoms with van der Waals surface area (Å²) in [6.45, 7) is 5.34. The first kappa shape index (κ1) is 16.8. The van der Waals surface area contributed by atoms with E-state index in [-0.39, 0.29) is 0 Å². The lowest BCUT2D eigenvalue weighted by Gasteiger charge is -2.51. The van der Waals surface area contributed by atoms with Crippen molar-refractivity contribution in [1.29, 1.82) is 0 Å². The van der Waals surface area contributed by atoms with Crippen LogP contribution in [0.2, 0.25) is 0 Å². The number of nitrogen functional groups attached to an aromatic ring is 1. The molecule has 2 aromatic rings.